The van der Waals surface area contributed by atoms with Gasteiger partial charge in [0.2, 0.25) is 0 Å². The Labute approximate surface area is 90.9 Å². The third-order valence-corrected chi connectivity index (χ3v) is 2.30. The first kappa shape index (κ1) is 14.4. The van der Waals surface area contributed by atoms with E-state index in [0.717, 1.165) is 12.0 Å². The van der Waals surface area contributed by atoms with Crippen LogP contribution in [0.15, 0.2) is 23.5 Å². The van der Waals surface area contributed by atoms with E-state index in [9.17, 15) is 4.57 Å². The molecule has 0 aliphatic carbocycles. The minimum absolute atomic E-state index is 0.371. The van der Waals surface area contributed by atoms with Gasteiger partial charge < -0.3 is 4.52 Å². The lowest BCUT2D eigenvalue weighted by Crippen LogP contribution is -1.93. The Bertz CT molecular complexity index is 288. The second-order valence-corrected chi connectivity index (χ2v) is 4.21. The van der Waals surface area contributed by atoms with Crippen LogP contribution >= 0.6 is 7.82 Å². The first-order valence-electron chi connectivity index (χ1n) is 5.08. The van der Waals surface area contributed by atoms with Crippen molar-refractivity contribution in [1.29, 1.82) is 0 Å². The number of rotatable bonds is 6. The molecule has 88 valence electrons. The SMILES string of the molecule is CC/C=C/C(CC)=C(/CC)OP(=O)(O)O. The van der Waals surface area contributed by atoms with Crippen molar-refractivity contribution in [2.24, 2.45) is 0 Å². The highest BCUT2D eigenvalue weighted by Crippen LogP contribution is 2.40. The monoisotopic (exact) mass is 234 g/mol. The fourth-order valence-corrected chi connectivity index (χ4v) is 1.70. The lowest BCUT2D eigenvalue weighted by atomic mass is 10.1. The summed E-state index contributed by atoms with van der Waals surface area (Å²) in [5, 5.41) is 0. The smallest absolute Gasteiger partial charge is 0.409 e. The predicted octanol–water partition coefficient (Wildman–Crippen LogP) is 3.14. The Morgan fingerprint density at radius 1 is 1.27 bits per heavy atom. The van der Waals surface area contributed by atoms with E-state index in [4.69, 9.17) is 9.79 Å². The van der Waals surface area contributed by atoms with E-state index in [1.807, 2.05) is 26.0 Å². The lowest BCUT2D eigenvalue weighted by molar-refractivity contribution is 0.236. The molecule has 0 amide bonds. The average Bonchev–Trinajstić information content (AvgIpc) is 2.15. The number of phosphoric acid groups is 1. The van der Waals surface area contributed by atoms with Gasteiger partial charge in [0.05, 0.1) is 0 Å². The first-order valence-corrected chi connectivity index (χ1v) is 6.61. The topological polar surface area (TPSA) is 66.8 Å². The molecule has 0 saturated carbocycles. The van der Waals surface area contributed by atoms with Crippen molar-refractivity contribution in [2.45, 2.75) is 40.0 Å². The van der Waals surface area contributed by atoms with Gasteiger partial charge in [-0.25, -0.2) is 4.57 Å². The molecule has 0 atom stereocenters. The number of hydrogen-bond donors (Lipinski definition) is 2. The summed E-state index contributed by atoms with van der Waals surface area (Å²) in [5.74, 6) is 0.371. The maximum atomic E-state index is 10.7. The summed E-state index contributed by atoms with van der Waals surface area (Å²) in [6.07, 6.45) is 5.85. The van der Waals surface area contributed by atoms with Crippen molar-refractivity contribution in [2.75, 3.05) is 0 Å². The quantitative estimate of drug-likeness (QED) is 0.421. The molecule has 0 aliphatic rings. The van der Waals surface area contributed by atoms with E-state index in [0.29, 0.717) is 18.6 Å². The second kappa shape index (κ2) is 6.83. The van der Waals surface area contributed by atoms with Crippen LogP contribution in [0.25, 0.3) is 0 Å². The molecule has 0 bridgehead atoms. The third-order valence-electron chi connectivity index (χ3n) is 1.84. The Morgan fingerprint density at radius 2 is 1.87 bits per heavy atom. The summed E-state index contributed by atoms with van der Waals surface area (Å²) in [5.41, 5.74) is 0.836. The molecule has 0 aromatic heterocycles. The highest BCUT2D eigenvalue weighted by molar-refractivity contribution is 7.46. The van der Waals surface area contributed by atoms with Crippen LogP contribution in [0.1, 0.15) is 40.0 Å². The molecule has 0 rings (SSSR count). The summed E-state index contributed by atoms with van der Waals surface area (Å²) in [4.78, 5) is 17.4. The van der Waals surface area contributed by atoms with Crippen molar-refractivity contribution >= 4 is 7.82 Å². The second-order valence-electron chi connectivity index (χ2n) is 3.05. The van der Waals surface area contributed by atoms with Crippen molar-refractivity contribution in [1.82, 2.24) is 0 Å². The van der Waals surface area contributed by atoms with E-state index in [-0.39, 0.29) is 0 Å². The van der Waals surface area contributed by atoms with E-state index in [1.165, 1.54) is 0 Å². The van der Waals surface area contributed by atoms with Gasteiger partial charge in [0.25, 0.3) is 0 Å². The molecule has 0 aliphatic heterocycles. The highest BCUT2D eigenvalue weighted by Gasteiger charge is 2.18. The maximum absolute atomic E-state index is 10.7. The number of phosphoric ester groups is 1. The maximum Gasteiger partial charge on any atom is 0.524 e. The first-order chi connectivity index (χ1) is 6.94. The molecule has 0 spiro atoms. The van der Waals surface area contributed by atoms with Crippen LogP contribution in [-0.4, -0.2) is 9.79 Å². The van der Waals surface area contributed by atoms with E-state index < -0.39 is 7.82 Å². The van der Waals surface area contributed by atoms with Crippen molar-refractivity contribution in [3.05, 3.63) is 23.5 Å². The Hall–Kier alpha value is -0.570. The van der Waals surface area contributed by atoms with Crippen LogP contribution in [0.2, 0.25) is 0 Å². The van der Waals surface area contributed by atoms with E-state index in [1.54, 1.807) is 6.92 Å². The molecule has 15 heavy (non-hydrogen) atoms. The largest absolute Gasteiger partial charge is 0.524 e. The van der Waals surface area contributed by atoms with Crippen LogP contribution in [0, 0.1) is 0 Å². The summed E-state index contributed by atoms with van der Waals surface area (Å²) in [6.45, 7) is 5.73. The fraction of sp³-hybridized carbons (Fsp3) is 0.600. The van der Waals surface area contributed by atoms with E-state index >= 15 is 0 Å². The molecule has 5 heteroatoms. The zero-order valence-corrected chi connectivity index (χ0v) is 10.3. The highest BCUT2D eigenvalue weighted by atomic mass is 31.2. The third kappa shape index (κ3) is 6.50. The van der Waals surface area contributed by atoms with Gasteiger partial charge in [-0.2, -0.15) is 0 Å². The average molecular weight is 234 g/mol. The van der Waals surface area contributed by atoms with Crippen LogP contribution in [0.5, 0.6) is 0 Å². The standard InChI is InChI=1S/C10H19O4P/c1-4-7-8-9(5-2)10(6-3)14-15(11,12)13/h7-8H,4-6H2,1-3H3,(H2,11,12,13)/b8-7+,10-9-. The number of allylic oxidation sites excluding steroid dienone is 4. The Balaban J connectivity index is 4.90. The molecular formula is C10H19O4P. The molecule has 0 unspecified atom stereocenters. The van der Waals surface area contributed by atoms with Gasteiger partial charge in [-0.15, -0.1) is 0 Å². The van der Waals surface area contributed by atoms with Crippen molar-refractivity contribution in [3.63, 3.8) is 0 Å². The van der Waals surface area contributed by atoms with Gasteiger partial charge in [0.1, 0.15) is 5.76 Å². The zero-order valence-electron chi connectivity index (χ0n) is 9.43. The zero-order chi connectivity index (χ0) is 11.9. The number of hydrogen-bond acceptors (Lipinski definition) is 2. The molecule has 0 fully saturated rings. The Morgan fingerprint density at radius 3 is 2.20 bits per heavy atom. The molecule has 0 aromatic rings. The van der Waals surface area contributed by atoms with Crippen molar-refractivity contribution in [3.8, 4) is 0 Å². The van der Waals surface area contributed by atoms with E-state index in [2.05, 4.69) is 4.52 Å². The molecule has 2 N–H and O–H groups in total. The van der Waals surface area contributed by atoms with Gasteiger partial charge in [-0.3, -0.25) is 9.79 Å². The van der Waals surface area contributed by atoms with Gasteiger partial charge in [0.15, 0.2) is 0 Å². The van der Waals surface area contributed by atoms with Gasteiger partial charge >= 0.3 is 7.82 Å². The fourth-order valence-electron chi connectivity index (χ4n) is 1.16. The summed E-state index contributed by atoms with van der Waals surface area (Å²) < 4.78 is 15.3. The normalized spacial score (nSPS) is 14.2. The molecule has 0 radical (unpaired) electrons. The molecule has 4 nitrogen and oxygen atoms in total. The van der Waals surface area contributed by atoms with Crippen LogP contribution < -0.4 is 0 Å². The lowest BCUT2D eigenvalue weighted by Gasteiger charge is -2.12. The summed E-state index contributed by atoms with van der Waals surface area (Å²) >= 11 is 0. The minimum atomic E-state index is -4.43. The predicted molar refractivity (Wildman–Crippen MR) is 60.2 cm³/mol. The molecular weight excluding hydrogens is 215 g/mol. The molecule has 0 heterocycles. The van der Waals surface area contributed by atoms with Gasteiger partial charge in [-0.05, 0) is 18.4 Å². The minimum Gasteiger partial charge on any atom is -0.409 e. The molecule has 0 aromatic carbocycles. The Kier molecular flexibility index (Phi) is 6.57. The van der Waals surface area contributed by atoms with Crippen molar-refractivity contribution < 1.29 is 18.9 Å². The summed E-state index contributed by atoms with van der Waals surface area (Å²) in [6, 6.07) is 0. The summed E-state index contributed by atoms with van der Waals surface area (Å²) in [7, 11) is -4.43. The van der Waals surface area contributed by atoms with Crippen LogP contribution in [0.4, 0.5) is 0 Å². The van der Waals surface area contributed by atoms with Crippen LogP contribution in [0.3, 0.4) is 0 Å². The van der Waals surface area contributed by atoms with Crippen LogP contribution in [-0.2, 0) is 9.09 Å². The van der Waals surface area contributed by atoms with Gasteiger partial charge in [-0.1, -0.05) is 32.9 Å². The van der Waals surface area contributed by atoms with Gasteiger partial charge in [0, 0.05) is 6.42 Å². The molecule has 0 saturated heterocycles.